The lowest BCUT2D eigenvalue weighted by atomic mass is 10.2. The summed E-state index contributed by atoms with van der Waals surface area (Å²) < 4.78 is 11.2. The summed E-state index contributed by atoms with van der Waals surface area (Å²) in [7, 11) is 0. The minimum Gasteiger partial charge on any atom is -0.486 e. The molecule has 0 unspecified atom stereocenters. The number of aryl methyl sites for hydroxylation is 1. The van der Waals surface area contributed by atoms with Crippen LogP contribution in [-0.2, 0) is 6.42 Å². The maximum atomic E-state index is 5.66. The lowest BCUT2D eigenvalue weighted by molar-refractivity contribution is 0.171. The molecule has 1 N–H and O–H groups in total. The Kier molecular flexibility index (Phi) is 3.81. The van der Waals surface area contributed by atoms with Crippen LogP contribution in [-0.4, -0.2) is 29.7 Å². The van der Waals surface area contributed by atoms with Gasteiger partial charge in [0.1, 0.15) is 19.0 Å². The minimum atomic E-state index is 0.565. The third kappa shape index (κ3) is 3.03. The summed E-state index contributed by atoms with van der Waals surface area (Å²) in [6.07, 6.45) is 1.03. The van der Waals surface area contributed by atoms with Crippen LogP contribution in [0.2, 0.25) is 0 Å². The number of anilines is 4. The Labute approximate surface area is 157 Å². The third-order valence-electron chi connectivity index (χ3n) is 4.80. The highest BCUT2D eigenvalue weighted by Gasteiger charge is 2.21. The quantitative estimate of drug-likeness (QED) is 0.762. The van der Waals surface area contributed by atoms with Gasteiger partial charge in [-0.25, -0.2) is 4.98 Å². The number of aromatic nitrogens is 2. The molecule has 0 bridgehead atoms. The minimum absolute atomic E-state index is 0.565. The lowest BCUT2D eigenvalue weighted by Gasteiger charge is -2.20. The molecule has 0 amide bonds. The number of benzene rings is 2. The zero-order valence-electron chi connectivity index (χ0n) is 15.1. The molecular weight excluding hydrogens is 340 g/mol. The summed E-state index contributed by atoms with van der Waals surface area (Å²) in [5.41, 5.74) is 4.37. The highest BCUT2D eigenvalue weighted by atomic mass is 16.6. The molecule has 136 valence electrons. The molecule has 0 fully saturated rings. The molecule has 27 heavy (non-hydrogen) atoms. The van der Waals surface area contributed by atoms with E-state index >= 15 is 0 Å². The summed E-state index contributed by atoms with van der Waals surface area (Å²) in [4.78, 5) is 11.6. The fourth-order valence-corrected chi connectivity index (χ4v) is 3.57. The van der Waals surface area contributed by atoms with Crippen molar-refractivity contribution in [3.63, 3.8) is 0 Å². The van der Waals surface area contributed by atoms with Crippen LogP contribution in [0.25, 0.3) is 0 Å². The number of fused-ring (bicyclic) bond motifs is 2. The van der Waals surface area contributed by atoms with E-state index in [2.05, 4.69) is 39.5 Å². The van der Waals surface area contributed by atoms with E-state index in [9.17, 15) is 0 Å². The number of ether oxygens (including phenoxy) is 2. The first-order valence-electron chi connectivity index (χ1n) is 9.14. The molecule has 3 aromatic rings. The summed E-state index contributed by atoms with van der Waals surface area (Å²) in [6.45, 7) is 4.07. The third-order valence-corrected chi connectivity index (χ3v) is 4.80. The van der Waals surface area contributed by atoms with Crippen LogP contribution < -0.4 is 19.7 Å². The Morgan fingerprint density at radius 1 is 0.963 bits per heavy atom. The highest BCUT2D eigenvalue weighted by molar-refractivity contribution is 5.69. The molecule has 6 nitrogen and oxygen atoms in total. The highest BCUT2D eigenvalue weighted by Crippen LogP contribution is 2.35. The number of nitrogens with zero attached hydrogens (tertiary/aromatic N) is 3. The van der Waals surface area contributed by atoms with Gasteiger partial charge in [0, 0.05) is 35.7 Å². The Balaban J connectivity index is 1.45. The monoisotopic (exact) mass is 360 g/mol. The van der Waals surface area contributed by atoms with Gasteiger partial charge in [-0.3, -0.25) is 0 Å². The average molecular weight is 360 g/mol. The second-order valence-corrected chi connectivity index (χ2v) is 6.70. The summed E-state index contributed by atoms with van der Waals surface area (Å²) in [6, 6.07) is 16.3. The Hall–Kier alpha value is -3.28. The summed E-state index contributed by atoms with van der Waals surface area (Å²) in [5, 5.41) is 3.30. The fourth-order valence-electron chi connectivity index (χ4n) is 3.57. The number of para-hydroxylation sites is 1. The van der Waals surface area contributed by atoms with Gasteiger partial charge in [-0.05, 0) is 37.1 Å². The number of hydrogen-bond acceptors (Lipinski definition) is 6. The van der Waals surface area contributed by atoms with Gasteiger partial charge in [-0.2, -0.15) is 4.98 Å². The van der Waals surface area contributed by atoms with Crippen LogP contribution in [0.15, 0.2) is 48.5 Å². The normalized spacial score (nSPS) is 14.8. The first-order chi connectivity index (χ1) is 13.3. The van der Waals surface area contributed by atoms with Crippen LogP contribution in [0.5, 0.6) is 11.5 Å². The zero-order valence-corrected chi connectivity index (χ0v) is 15.1. The predicted molar refractivity (Wildman–Crippen MR) is 105 cm³/mol. The van der Waals surface area contributed by atoms with Gasteiger partial charge in [-0.1, -0.05) is 18.2 Å². The molecule has 3 heterocycles. The maximum Gasteiger partial charge on any atom is 0.229 e. The molecule has 0 atom stereocenters. The van der Waals surface area contributed by atoms with Crippen LogP contribution in [0.1, 0.15) is 11.3 Å². The second kappa shape index (κ2) is 6.46. The summed E-state index contributed by atoms with van der Waals surface area (Å²) >= 11 is 0. The topological polar surface area (TPSA) is 59.5 Å². The molecule has 6 heteroatoms. The number of nitrogens with one attached hydrogen (secondary N) is 1. The van der Waals surface area contributed by atoms with E-state index < -0.39 is 0 Å². The second-order valence-electron chi connectivity index (χ2n) is 6.70. The number of rotatable bonds is 3. The van der Waals surface area contributed by atoms with Gasteiger partial charge < -0.3 is 19.7 Å². The largest absolute Gasteiger partial charge is 0.486 e. The van der Waals surface area contributed by atoms with Crippen molar-refractivity contribution >= 4 is 23.1 Å². The molecule has 1 aromatic heterocycles. The van der Waals surface area contributed by atoms with Crippen LogP contribution >= 0.6 is 0 Å². The van der Waals surface area contributed by atoms with Crippen LogP contribution in [0.3, 0.4) is 0 Å². The van der Waals surface area contributed by atoms with Gasteiger partial charge in [0.05, 0.1) is 0 Å². The van der Waals surface area contributed by atoms with Gasteiger partial charge in [0.15, 0.2) is 11.5 Å². The van der Waals surface area contributed by atoms with Crippen molar-refractivity contribution in [2.75, 3.05) is 30.0 Å². The van der Waals surface area contributed by atoms with Crippen LogP contribution in [0.4, 0.5) is 23.1 Å². The van der Waals surface area contributed by atoms with Crippen molar-refractivity contribution in [2.45, 2.75) is 13.3 Å². The Morgan fingerprint density at radius 2 is 1.81 bits per heavy atom. The molecule has 2 aromatic carbocycles. The first-order valence-corrected chi connectivity index (χ1v) is 9.14. The fraction of sp³-hybridized carbons (Fsp3) is 0.238. The van der Waals surface area contributed by atoms with Gasteiger partial charge in [-0.15, -0.1) is 0 Å². The molecule has 0 radical (unpaired) electrons. The smallest absolute Gasteiger partial charge is 0.229 e. The molecule has 2 aliphatic heterocycles. The van der Waals surface area contributed by atoms with Crippen molar-refractivity contribution in [3.8, 4) is 11.5 Å². The average Bonchev–Trinajstić information content (AvgIpc) is 3.12. The van der Waals surface area contributed by atoms with Gasteiger partial charge in [0.25, 0.3) is 0 Å². The molecule has 0 aliphatic carbocycles. The van der Waals surface area contributed by atoms with E-state index in [0.717, 1.165) is 41.7 Å². The lowest BCUT2D eigenvalue weighted by Crippen LogP contribution is -2.16. The molecule has 0 saturated heterocycles. The van der Waals surface area contributed by atoms with Gasteiger partial charge >= 0.3 is 0 Å². The van der Waals surface area contributed by atoms with Crippen molar-refractivity contribution in [1.29, 1.82) is 0 Å². The van der Waals surface area contributed by atoms with Crippen molar-refractivity contribution in [2.24, 2.45) is 0 Å². The Bertz CT molecular complexity index is 1010. The van der Waals surface area contributed by atoms with E-state index in [0.29, 0.717) is 19.2 Å². The molecule has 0 saturated carbocycles. The predicted octanol–water partition coefficient (Wildman–Crippen LogP) is 3.99. The van der Waals surface area contributed by atoms with Crippen molar-refractivity contribution < 1.29 is 9.47 Å². The molecule has 2 aliphatic rings. The molecule has 0 spiro atoms. The van der Waals surface area contributed by atoms with E-state index in [1.165, 1.54) is 11.3 Å². The molecular formula is C21H20N4O2. The maximum absolute atomic E-state index is 5.66. The van der Waals surface area contributed by atoms with E-state index in [1.54, 1.807) is 0 Å². The SMILES string of the molecule is Cc1cc(N2CCc3ccccc32)nc(Nc2ccc3c(c2)OCCO3)n1. The zero-order chi connectivity index (χ0) is 18.2. The first kappa shape index (κ1) is 15.9. The van der Waals surface area contributed by atoms with Crippen LogP contribution in [0, 0.1) is 6.92 Å². The van der Waals surface area contributed by atoms with E-state index in [-0.39, 0.29) is 0 Å². The standard InChI is InChI=1S/C21H20N4O2/c1-14-12-20(25-9-8-15-4-2-3-5-17(15)25)24-21(22-14)23-16-6-7-18-19(13-16)27-11-10-26-18/h2-7,12-13H,8-11H2,1H3,(H,22,23,24). The summed E-state index contributed by atoms with van der Waals surface area (Å²) in [5.74, 6) is 3.00. The van der Waals surface area contributed by atoms with E-state index in [4.69, 9.17) is 14.5 Å². The van der Waals surface area contributed by atoms with Crippen molar-refractivity contribution in [1.82, 2.24) is 9.97 Å². The number of hydrogen-bond donors (Lipinski definition) is 1. The van der Waals surface area contributed by atoms with Crippen molar-refractivity contribution in [3.05, 3.63) is 59.8 Å². The van der Waals surface area contributed by atoms with Gasteiger partial charge in [0.2, 0.25) is 5.95 Å². The van der Waals surface area contributed by atoms with E-state index in [1.807, 2.05) is 31.2 Å². The molecule has 5 rings (SSSR count). The Morgan fingerprint density at radius 3 is 2.74 bits per heavy atom.